The van der Waals surface area contributed by atoms with Crippen molar-refractivity contribution in [2.75, 3.05) is 5.32 Å². The number of nitrogens with one attached hydrogen (secondary N) is 2. The van der Waals surface area contributed by atoms with Crippen LogP contribution in [-0.2, 0) is 0 Å². The molecular weight excluding hydrogens is 387 g/mol. The van der Waals surface area contributed by atoms with Crippen molar-refractivity contribution >= 4 is 22.6 Å². The summed E-state index contributed by atoms with van der Waals surface area (Å²) in [6.45, 7) is 3.81. The summed E-state index contributed by atoms with van der Waals surface area (Å²) < 4.78 is 20.9. The van der Waals surface area contributed by atoms with Crippen LogP contribution < -0.4 is 15.6 Å². The zero-order chi connectivity index (χ0) is 21.3. The maximum absolute atomic E-state index is 13.4. The number of hydrogen-bond acceptors (Lipinski definition) is 4. The number of fused-ring (bicyclic) bond motifs is 1. The van der Waals surface area contributed by atoms with Crippen LogP contribution in [0.4, 0.5) is 10.2 Å². The maximum Gasteiger partial charge on any atom is 0.258 e. The van der Waals surface area contributed by atoms with Gasteiger partial charge < -0.3 is 15.0 Å². The largest absolute Gasteiger partial charge is 0.490 e. The molecule has 4 rings (SSSR count). The van der Waals surface area contributed by atoms with Gasteiger partial charge in [-0.1, -0.05) is 6.07 Å². The molecular formula is C22H19FN4O3. The molecule has 0 fully saturated rings. The van der Waals surface area contributed by atoms with E-state index in [1.54, 1.807) is 22.9 Å². The third-order valence-corrected chi connectivity index (χ3v) is 4.38. The first-order valence-corrected chi connectivity index (χ1v) is 9.37. The second-order valence-electron chi connectivity index (χ2n) is 6.95. The molecule has 30 heavy (non-hydrogen) atoms. The van der Waals surface area contributed by atoms with E-state index in [0.717, 1.165) is 0 Å². The normalized spacial score (nSPS) is 11.1. The number of halogens is 1. The lowest BCUT2D eigenvalue weighted by Crippen LogP contribution is -2.15. The molecule has 2 heterocycles. The standard InChI is InChI=1S/C22H19FN4O3/c1-13(2)30-18-5-3-4-17-20(18)21(25-22(29)14-6-11-19(28)24-12-14)26-27(17)16-9-7-15(23)8-10-16/h3-13H,1-2H3,(H,24,28)(H,25,26,29). The Hall–Kier alpha value is -3.94. The molecule has 0 radical (unpaired) electrons. The van der Waals surface area contributed by atoms with E-state index in [1.807, 2.05) is 26.0 Å². The van der Waals surface area contributed by atoms with Gasteiger partial charge in [0.05, 0.1) is 28.3 Å². The van der Waals surface area contributed by atoms with Gasteiger partial charge in [0.25, 0.3) is 5.91 Å². The molecule has 1 amide bonds. The average molecular weight is 406 g/mol. The van der Waals surface area contributed by atoms with Crippen LogP contribution in [0.2, 0.25) is 0 Å². The minimum Gasteiger partial charge on any atom is -0.490 e. The van der Waals surface area contributed by atoms with Crippen molar-refractivity contribution in [1.82, 2.24) is 14.8 Å². The van der Waals surface area contributed by atoms with Crippen LogP contribution in [0.1, 0.15) is 24.2 Å². The zero-order valence-electron chi connectivity index (χ0n) is 16.3. The number of H-pyrrole nitrogens is 1. The lowest BCUT2D eigenvalue weighted by atomic mass is 10.2. The van der Waals surface area contributed by atoms with Gasteiger partial charge in [-0.2, -0.15) is 0 Å². The Morgan fingerprint density at radius 3 is 2.57 bits per heavy atom. The van der Waals surface area contributed by atoms with E-state index >= 15 is 0 Å². The van der Waals surface area contributed by atoms with Crippen LogP contribution in [0.5, 0.6) is 5.75 Å². The van der Waals surface area contributed by atoms with Crippen LogP contribution in [0, 0.1) is 5.82 Å². The number of carbonyl (C=O) groups excluding carboxylic acids is 1. The molecule has 0 spiro atoms. The summed E-state index contributed by atoms with van der Waals surface area (Å²) in [5.74, 6) is 0.0660. The van der Waals surface area contributed by atoms with E-state index < -0.39 is 5.91 Å². The molecule has 0 unspecified atom stereocenters. The van der Waals surface area contributed by atoms with Gasteiger partial charge in [0.15, 0.2) is 5.82 Å². The van der Waals surface area contributed by atoms with Crippen LogP contribution in [0.15, 0.2) is 65.6 Å². The number of nitrogens with zero attached hydrogens (tertiary/aromatic N) is 2. The quantitative estimate of drug-likeness (QED) is 0.526. The Kier molecular flexibility index (Phi) is 5.05. The van der Waals surface area contributed by atoms with Gasteiger partial charge in [0.1, 0.15) is 11.6 Å². The van der Waals surface area contributed by atoms with Gasteiger partial charge >= 0.3 is 0 Å². The first kappa shape index (κ1) is 19.4. The van der Waals surface area contributed by atoms with E-state index in [9.17, 15) is 14.0 Å². The van der Waals surface area contributed by atoms with E-state index in [-0.39, 0.29) is 23.0 Å². The second-order valence-corrected chi connectivity index (χ2v) is 6.95. The minimum absolute atomic E-state index is 0.0903. The van der Waals surface area contributed by atoms with E-state index in [4.69, 9.17) is 4.74 Å². The van der Waals surface area contributed by atoms with Crippen molar-refractivity contribution in [3.05, 3.63) is 82.5 Å². The second kappa shape index (κ2) is 7.82. The molecule has 152 valence electrons. The van der Waals surface area contributed by atoms with Gasteiger partial charge in [-0.15, -0.1) is 5.10 Å². The molecule has 0 saturated heterocycles. The maximum atomic E-state index is 13.4. The number of aromatic amines is 1. The monoisotopic (exact) mass is 406 g/mol. The Morgan fingerprint density at radius 2 is 1.90 bits per heavy atom. The molecule has 0 aliphatic rings. The SMILES string of the molecule is CC(C)Oc1cccc2c1c(NC(=O)c1ccc(=O)[nH]c1)nn2-c1ccc(F)cc1. The average Bonchev–Trinajstić information content (AvgIpc) is 3.08. The molecule has 4 aromatic rings. The molecule has 0 bridgehead atoms. The fourth-order valence-electron chi connectivity index (χ4n) is 3.09. The van der Waals surface area contributed by atoms with Crippen molar-refractivity contribution in [2.24, 2.45) is 0 Å². The molecule has 8 heteroatoms. The van der Waals surface area contributed by atoms with Crippen LogP contribution in [0.25, 0.3) is 16.6 Å². The summed E-state index contributed by atoms with van der Waals surface area (Å²) in [5, 5.41) is 7.96. The molecule has 2 N–H and O–H groups in total. The fourth-order valence-corrected chi connectivity index (χ4v) is 3.09. The molecule has 0 aliphatic heterocycles. The van der Waals surface area contributed by atoms with Crippen molar-refractivity contribution in [2.45, 2.75) is 20.0 Å². The molecule has 2 aromatic heterocycles. The summed E-state index contributed by atoms with van der Waals surface area (Å²) in [6, 6.07) is 14.1. The van der Waals surface area contributed by atoms with Gasteiger partial charge in [0.2, 0.25) is 5.56 Å². The Labute approximate surface area is 171 Å². The first-order valence-electron chi connectivity index (χ1n) is 9.37. The summed E-state index contributed by atoms with van der Waals surface area (Å²) >= 11 is 0. The van der Waals surface area contributed by atoms with Gasteiger partial charge in [-0.25, -0.2) is 9.07 Å². The molecule has 7 nitrogen and oxygen atoms in total. The number of hydrogen-bond donors (Lipinski definition) is 2. The Balaban J connectivity index is 1.84. The predicted molar refractivity (Wildman–Crippen MR) is 112 cm³/mol. The lowest BCUT2D eigenvalue weighted by Gasteiger charge is -2.11. The van der Waals surface area contributed by atoms with E-state index in [0.29, 0.717) is 28.2 Å². The van der Waals surface area contributed by atoms with Gasteiger partial charge in [-0.3, -0.25) is 9.59 Å². The van der Waals surface area contributed by atoms with E-state index in [1.165, 1.54) is 30.5 Å². The number of benzene rings is 2. The third-order valence-electron chi connectivity index (χ3n) is 4.38. The number of anilines is 1. The summed E-state index contributed by atoms with van der Waals surface area (Å²) in [6.07, 6.45) is 1.25. The van der Waals surface area contributed by atoms with Crippen LogP contribution in [-0.4, -0.2) is 26.8 Å². The smallest absolute Gasteiger partial charge is 0.258 e. The van der Waals surface area contributed by atoms with Gasteiger partial charge in [-0.05, 0) is 56.3 Å². The molecule has 2 aromatic carbocycles. The fraction of sp³-hybridized carbons (Fsp3) is 0.136. The number of aromatic nitrogens is 3. The number of carbonyl (C=O) groups is 1. The minimum atomic E-state index is -0.434. The highest BCUT2D eigenvalue weighted by atomic mass is 19.1. The highest BCUT2D eigenvalue weighted by Crippen LogP contribution is 2.34. The zero-order valence-corrected chi connectivity index (χ0v) is 16.3. The van der Waals surface area contributed by atoms with Crippen molar-refractivity contribution in [1.29, 1.82) is 0 Å². The van der Waals surface area contributed by atoms with Crippen molar-refractivity contribution in [3.63, 3.8) is 0 Å². The Bertz CT molecular complexity index is 1260. The summed E-state index contributed by atoms with van der Waals surface area (Å²) in [7, 11) is 0. The highest BCUT2D eigenvalue weighted by molar-refractivity contribution is 6.09. The van der Waals surface area contributed by atoms with Crippen LogP contribution in [0.3, 0.4) is 0 Å². The summed E-state index contributed by atoms with van der Waals surface area (Å²) in [5.41, 5.74) is 1.30. The molecule has 0 aliphatic carbocycles. The lowest BCUT2D eigenvalue weighted by molar-refractivity contribution is 0.102. The van der Waals surface area contributed by atoms with Crippen molar-refractivity contribution in [3.8, 4) is 11.4 Å². The van der Waals surface area contributed by atoms with Crippen molar-refractivity contribution < 1.29 is 13.9 Å². The summed E-state index contributed by atoms with van der Waals surface area (Å²) in [4.78, 5) is 26.5. The van der Waals surface area contributed by atoms with Gasteiger partial charge in [0, 0.05) is 12.3 Å². The molecule has 0 saturated carbocycles. The molecule has 0 atom stereocenters. The van der Waals surface area contributed by atoms with E-state index in [2.05, 4.69) is 15.4 Å². The number of ether oxygens (including phenoxy) is 1. The predicted octanol–water partition coefficient (Wildman–Crippen LogP) is 3.89. The number of pyridine rings is 1. The first-order chi connectivity index (χ1) is 14.4. The number of amides is 1. The highest BCUT2D eigenvalue weighted by Gasteiger charge is 2.19. The Morgan fingerprint density at radius 1 is 1.13 bits per heavy atom. The number of rotatable bonds is 5. The third kappa shape index (κ3) is 3.80. The topological polar surface area (TPSA) is 89.0 Å². The van der Waals surface area contributed by atoms with Crippen LogP contribution >= 0.6 is 0 Å².